The SMILES string of the molecule is c1cc2cc(c1)C1(CCCC1)c1cccc(n1)C1(CCCC1)c1cccc(c1)C1(CCCC1)c1cccc(n1)C21CCCC1. The van der Waals surface area contributed by atoms with E-state index in [4.69, 9.17) is 9.97 Å². The Morgan fingerprint density at radius 3 is 0.795 bits per heavy atom. The third-order valence-electron chi connectivity index (χ3n) is 13.2. The second kappa shape index (κ2) is 10.1. The number of pyridine rings is 2. The number of hydrogen-bond donors (Lipinski definition) is 0. The zero-order valence-corrected chi connectivity index (χ0v) is 26.3. The van der Waals surface area contributed by atoms with E-state index in [9.17, 15) is 0 Å². The molecule has 3 heterocycles. The van der Waals surface area contributed by atoms with Gasteiger partial charge in [-0.05, 0) is 97.9 Å². The molecule has 9 rings (SSSR count). The highest BCUT2D eigenvalue weighted by atomic mass is 14.8. The van der Waals surface area contributed by atoms with Gasteiger partial charge in [0.05, 0.1) is 22.8 Å². The van der Waals surface area contributed by atoms with E-state index in [1.54, 1.807) is 0 Å². The monoisotopic (exact) mass is 578 g/mol. The molecule has 0 N–H and O–H groups in total. The van der Waals surface area contributed by atoms with Crippen LogP contribution in [0.2, 0.25) is 0 Å². The smallest absolute Gasteiger partial charge is 0.0512 e. The molecule has 2 aromatic heterocycles. The molecule has 0 atom stereocenters. The fraction of sp³-hybridized carbons (Fsp3) is 0.476. The van der Waals surface area contributed by atoms with Crippen LogP contribution in [-0.2, 0) is 21.7 Å². The highest BCUT2D eigenvalue weighted by Gasteiger charge is 2.46. The molecule has 1 aliphatic heterocycles. The molecule has 2 heteroatoms. The third-order valence-corrected chi connectivity index (χ3v) is 13.2. The van der Waals surface area contributed by atoms with Crippen LogP contribution in [0.1, 0.15) is 148 Å². The van der Waals surface area contributed by atoms with Gasteiger partial charge in [0.2, 0.25) is 0 Å². The average Bonchev–Trinajstić information content (AvgIpc) is 3.93. The molecule has 44 heavy (non-hydrogen) atoms. The van der Waals surface area contributed by atoms with E-state index in [0.717, 1.165) is 0 Å². The van der Waals surface area contributed by atoms with E-state index in [1.807, 2.05) is 0 Å². The van der Waals surface area contributed by atoms with Crippen LogP contribution < -0.4 is 0 Å². The van der Waals surface area contributed by atoms with Gasteiger partial charge in [-0.1, -0.05) is 112 Å². The first-order valence-corrected chi connectivity index (χ1v) is 17.9. The summed E-state index contributed by atoms with van der Waals surface area (Å²) in [5, 5.41) is 0. The Kier molecular flexibility index (Phi) is 6.23. The quantitative estimate of drug-likeness (QED) is 0.207. The average molecular weight is 579 g/mol. The summed E-state index contributed by atoms with van der Waals surface area (Å²) < 4.78 is 0. The number of fused-ring (bicyclic) bond motifs is 16. The second-order valence-corrected chi connectivity index (χ2v) is 15.1. The lowest BCUT2D eigenvalue weighted by Gasteiger charge is -2.37. The fourth-order valence-electron chi connectivity index (χ4n) is 10.8. The summed E-state index contributed by atoms with van der Waals surface area (Å²) in [6.07, 6.45) is 19.8. The van der Waals surface area contributed by atoms with Crippen molar-refractivity contribution < 1.29 is 0 Å². The van der Waals surface area contributed by atoms with Gasteiger partial charge in [0, 0.05) is 21.7 Å². The fourth-order valence-corrected chi connectivity index (χ4v) is 10.8. The minimum atomic E-state index is -0.00624. The highest BCUT2D eigenvalue weighted by molar-refractivity contribution is 5.49. The van der Waals surface area contributed by atoms with Crippen molar-refractivity contribution >= 4 is 0 Å². The predicted molar refractivity (Wildman–Crippen MR) is 178 cm³/mol. The van der Waals surface area contributed by atoms with E-state index < -0.39 is 0 Å². The number of hydrogen-bond acceptors (Lipinski definition) is 2. The molecule has 2 nitrogen and oxygen atoms in total. The number of aromatic nitrogens is 2. The van der Waals surface area contributed by atoms with Gasteiger partial charge in [0.25, 0.3) is 0 Å². The van der Waals surface area contributed by atoms with Crippen molar-refractivity contribution in [1.29, 1.82) is 0 Å². The number of nitrogens with zero attached hydrogens (tertiary/aromatic N) is 2. The molecule has 4 saturated carbocycles. The van der Waals surface area contributed by atoms with Crippen LogP contribution >= 0.6 is 0 Å². The Morgan fingerprint density at radius 1 is 0.318 bits per heavy atom. The Balaban J connectivity index is 1.35. The summed E-state index contributed by atoms with van der Waals surface area (Å²) in [7, 11) is 0. The summed E-state index contributed by atoms with van der Waals surface area (Å²) in [5.41, 5.74) is 11.2. The van der Waals surface area contributed by atoms with E-state index in [2.05, 4.69) is 84.9 Å². The van der Waals surface area contributed by atoms with Crippen LogP contribution in [0.4, 0.5) is 0 Å². The Labute approximate surface area is 263 Å². The number of rotatable bonds is 0. The normalized spacial score (nSPS) is 23.6. The summed E-state index contributed by atoms with van der Waals surface area (Å²) in [5.74, 6) is 0. The van der Waals surface area contributed by atoms with Crippen molar-refractivity contribution in [3.05, 3.63) is 130 Å². The van der Waals surface area contributed by atoms with Gasteiger partial charge in [-0.25, -0.2) is 0 Å². The molecule has 4 spiro atoms. The van der Waals surface area contributed by atoms with Crippen molar-refractivity contribution in [2.75, 3.05) is 0 Å². The van der Waals surface area contributed by atoms with Crippen molar-refractivity contribution in [2.24, 2.45) is 0 Å². The first-order chi connectivity index (χ1) is 21.7. The highest BCUT2D eigenvalue weighted by Crippen LogP contribution is 2.54. The maximum absolute atomic E-state index is 5.77. The van der Waals surface area contributed by atoms with Crippen molar-refractivity contribution in [2.45, 2.75) is 124 Å². The van der Waals surface area contributed by atoms with Crippen LogP contribution in [0, 0.1) is 0 Å². The lowest BCUT2D eigenvalue weighted by molar-refractivity contribution is 0.469. The molecule has 4 aliphatic carbocycles. The van der Waals surface area contributed by atoms with E-state index >= 15 is 0 Å². The van der Waals surface area contributed by atoms with Gasteiger partial charge in [0.1, 0.15) is 0 Å². The van der Waals surface area contributed by atoms with Gasteiger partial charge in [-0.2, -0.15) is 0 Å². The van der Waals surface area contributed by atoms with Crippen LogP contribution in [-0.4, -0.2) is 9.97 Å². The summed E-state index contributed by atoms with van der Waals surface area (Å²) in [6.45, 7) is 0. The maximum Gasteiger partial charge on any atom is 0.0512 e. The predicted octanol–water partition coefficient (Wildman–Crippen LogP) is 10.2. The second-order valence-electron chi connectivity index (χ2n) is 15.1. The van der Waals surface area contributed by atoms with E-state index in [-0.39, 0.29) is 21.7 Å². The molecule has 0 radical (unpaired) electrons. The van der Waals surface area contributed by atoms with Crippen LogP contribution in [0.5, 0.6) is 0 Å². The first kappa shape index (κ1) is 27.1. The summed E-state index contributed by atoms with van der Waals surface area (Å²) >= 11 is 0. The Hall–Kier alpha value is -3.26. The lowest BCUT2D eigenvalue weighted by atomic mass is 9.69. The largest absolute Gasteiger partial charge is 0.256 e. The van der Waals surface area contributed by atoms with Crippen LogP contribution in [0.3, 0.4) is 0 Å². The zero-order chi connectivity index (χ0) is 29.2. The molecule has 0 unspecified atom stereocenters. The molecule has 5 aliphatic rings. The molecule has 8 bridgehead atoms. The summed E-state index contributed by atoms with van der Waals surface area (Å²) in [4.78, 5) is 11.5. The maximum atomic E-state index is 5.77. The van der Waals surface area contributed by atoms with Crippen molar-refractivity contribution in [3.63, 3.8) is 0 Å². The molecule has 224 valence electrons. The van der Waals surface area contributed by atoms with Gasteiger partial charge in [-0.15, -0.1) is 0 Å². The van der Waals surface area contributed by atoms with Gasteiger partial charge < -0.3 is 0 Å². The Bertz CT molecular complexity index is 1350. The molecular formula is C42H46N2. The summed E-state index contributed by atoms with van der Waals surface area (Å²) in [6, 6.07) is 33.9. The zero-order valence-electron chi connectivity index (χ0n) is 26.3. The molecule has 4 fully saturated rings. The topological polar surface area (TPSA) is 25.8 Å². The lowest BCUT2D eigenvalue weighted by Crippen LogP contribution is -2.33. The van der Waals surface area contributed by atoms with Gasteiger partial charge in [0.15, 0.2) is 0 Å². The minimum absolute atomic E-state index is 0.00624. The van der Waals surface area contributed by atoms with Crippen molar-refractivity contribution in [3.8, 4) is 0 Å². The van der Waals surface area contributed by atoms with Crippen LogP contribution in [0.25, 0.3) is 0 Å². The molecular weight excluding hydrogens is 532 g/mol. The first-order valence-electron chi connectivity index (χ1n) is 17.9. The van der Waals surface area contributed by atoms with Gasteiger partial charge in [-0.3, -0.25) is 9.97 Å². The standard InChI is InChI=1S/C42H46N2/c1-2-22-39(21-1)31-13-9-14-32(29-31)40(23-3-4-24-40)37-19-12-20-38(44-37)42(27-7-8-28-42)34-16-10-15-33(30-34)41(25-5-6-26-41)36-18-11-17-35(39)43-36/h9-20,29-30H,1-8,21-28H2. The molecule has 4 aromatic rings. The molecule has 0 saturated heterocycles. The minimum Gasteiger partial charge on any atom is -0.256 e. The van der Waals surface area contributed by atoms with Crippen molar-refractivity contribution in [1.82, 2.24) is 9.97 Å². The number of benzene rings is 2. The molecule has 0 amide bonds. The third kappa shape index (κ3) is 3.78. The van der Waals surface area contributed by atoms with E-state index in [1.165, 1.54) is 148 Å². The Morgan fingerprint density at radius 2 is 0.545 bits per heavy atom. The van der Waals surface area contributed by atoms with Gasteiger partial charge >= 0.3 is 0 Å². The molecule has 2 aromatic carbocycles. The van der Waals surface area contributed by atoms with Crippen LogP contribution in [0.15, 0.2) is 84.9 Å². The van der Waals surface area contributed by atoms with E-state index in [0.29, 0.717) is 0 Å².